The molecular formula is C9H8N2S. The zero-order valence-corrected chi connectivity index (χ0v) is 7.51. The number of aromatic nitrogens is 2. The van der Waals surface area contributed by atoms with Gasteiger partial charge in [-0.3, -0.25) is 0 Å². The van der Waals surface area contributed by atoms with Crippen LogP contribution < -0.4 is 0 Å². The third kappa shape index (κ3) is 1.36. The highest BCUT2D eigenvalue weighted by Gasteiger charge is 2.01. The molecule has 2 rings (SSSR count). The summed E-state index contributed by atoms with van der Waals surface area (Å²) >= 11 is 1.44. The average Bonchev–Trinajstić information content (AvgIpc) is 2.54. The zero-order valence-electron chi connectivity index (χ0n) is 6.69. The molecule has 12 heavy (non-hydrogen) atoms. The molecular weight excluding hydrogens is 168 g/mol. The number of rotatable bonds is 1. The van der Waals surface area contributed by atoms with Gasteiger partial charge < -0.3 is 0 Å². The molecule has 0 bridgehead atoms. The van der Waals surface area contributed by atoms with Crippen molar-refractivity contribution in [3.8, 4) is 11.4 Å². The number of hydrogen-bond acceptors (Lipinski definition) is 3. The lowest BCUT2D eigenvalue weighted by molar-refractivity contribution is 1.26. The monoisotopic (exact) mass is 176 g/mol. The molecule has 0 radical (unpaired) electrons. The molecule has 3 heteroatoms. The van der Waals surface area contributed by atoms with Gasteiger partial charge in [-0.1, -0.05) is 30.3 Å². The Hall–Kier alpha value is -1.22. The largest absolute Gasteiger partial charge is 0.220 e. The van der Waals surface area contributed by atoms with E-state index in [1.165, 1.54) is 11.5 Å². The number of aryl methyl sites for hydroxylation is 1. The maximum absolute atomic E-state index is 4.29. The van der Waals surface area contributed by atoms with Crippen LogP contribution in [0.15, 0.2) is 30.3 Å². The van der Waals surface area contributed by atoms with Crippen LogP contribution in [0.4, 0.5) is 0 Å². The molecule has 1 heterocycles. The van der Waals surface area contributed by atoms with Crippen molar-refractivity contribution in [3.63, 3.8) is 0 Å². The van der Waals surface area contributed by atoms with Crippen LogP contribution in [-0.2, 0) is 0 Å². The van der Waals surface area contributed by atoms with Crippen LogP contribution in [-0.4, -0.2) is 9.36 Å². The van der Waals surface area contributed by atoms with E-state index in [2.05, 4.69) is 9.36 Å². The van der Waals surface area contributed by atoms with Crippen molar-refractivity contribution in [2.75, 3.05) is 0 Å². The van der Waals surface area contributed by atoms with Gasteiger partial charge in [0, 0.05) is 5.56 Å². The van der Waals surface area contributed by atoms with Gasteiger partial charge in [-0.15, -0.1) is 0 Å². The number of nitrogens with zero attached hydrogens (tertiary/aromatic N) is 2. The average molecular weight is 176 g/mol. The lowest BCUT2D eigenvalue weighted by Gasteiger charge is -1.91. The Morgan fingerprint density at radius 3 is 2.50 bits per heavy atom. The van der Waals surface area contributed by atoms with Crippen LogP contribution in [0.2, 0.25) is 0 Å². The first-order valence-electron chi connectivity index (χ1n) is 3.72. The van der Waals surface area contributed by atoms with E-state index < -0.39 is 0 Å². The van der Waals surface area contributed by atoms with E-state index in [4.69, 9.17) is 0 Å². The third-order valence-corrected chi connectivity index (χ3v) is 2.18. The van der Waals surface area contributed by atoms with Gasteiger partial charge in [0.1, 0.15) is 5.01 Å². The maximum Gasteiger partial charge on any atom is 0.173 e. The summed E-state index contributed by atoms with van der Waals surface area (Å²) in [4.78, 5) is 4.29. The van der Waals surface area contributed by atoms with Gasteiger partial charge in [-0.05, 0) is 18.5 Å². The molecule has 60 valence electrons. The van der Waals surface area contributed by atoms with Crippen molar-refractivity contribution in [1.82, 2.24) is 9.36 Å². The second-order valence-corrected chi connectivity index (χ2v) is 3.46. The molecule has 2 aromatic rings. The van der Waals surface area contributed by atoms with Gasteiger partial charge in [0.2, 0.25) is 0 Å². The second-order valence-electron chi connectivity index (χ2n) is 2.50. The summed E-state index contributed by atoms with van der Waals surface area (Å²) in [6.07, 6.45) is 0. The summed E-state index contributed by atoms with van der Waals surface area (Å²) in [5.74, 6) is 0.832. The van der Waals surface area contributed by atoms with E-state index in [1.807, 2.05) is 37.3 Å². The lowest BCUT2D eigenvalue weighted by atomic mass is 10.2. The van der Waals surface area contributed by atoms with E-state index in [1.54, 1.807) is 0 Å². The molecule has 0 atom stereocenters. The predicted octanol–water partition coefficient (Wildman–Crippen LogP) is 2.51. The van der Waals surface area contributed by atoms with Crippen LogP contribution in [0, 0.1) is 6.92 Å². The topological polar surface area (TPSA) is 25.8 Å². The van der Waals surface area contributed by atoms with Crippen LogP contribution in [0.3, 0.4) is 0 Å². The first kappa shape index (κ1) is 7.43. The standard InChI is InChI=1S/C9H8N2S/c1-7-10-9(11-12-7)8-5-3-2-4-6-8/h2-6H,1H3. The molecule has 0 unspecified atom stereocenters. The highest BCUT2D eigenvalue weighted by Crippen LogP contribution is 2.16. The summed E-state index contributed by atoms with van der Waals surface area (Å²) in [6, 6.07) is 10.0. The van der Waals surface area contributed by atoms with Crippen LogP contribution in [0.1, 0.15) is 5.01 Å². The van der Waals surface area contributed by atoms with Crippen molar-refractivity contribution < 1.29 is 0 Å². The maximum atomic E-state index is 4.29. The normalized spacial score (nSPS) is 10.1. The van der Waals surface area contributed by atoms with Gasteiger partial charge in [0.05, 0.1) is 0 Å². The molecule has 0 fully saturated rings. The lowest BCUT2D eigenvalue weighted by Crippen LogP contribution is -1.78. The minimum absolute atomic E-state index is 0.832. The van der Waals surface area contributed by atoms with Crippen molar-refractivity contribution in [3.05, 3.63) is 35.3 Å². The quantitative estimate of drug-likeness (QED) is 0.667. The fourth-order valence-corrected chi connectivity index (χ4v) is 1.50. The van der Waals surface area contributed by atoms with Crippen LogP contribution in [0.5, 0.6) is 0 Å². The van der Waals surface area contributed by atoms with Crippen LogP contribution >= 0.6 is 11.5 Å². The molecule has 0 aliphatic heterocycles. The molecule has 0 spiro atoms. The fraction of sp³-hybridized carbons (Fsp3) is 0.111. The predicted molar refractivity (Wildman–Crippen MR) is 50.1 cm³/mol. The summed E-state index contributed by atoms with van der Waals surface area (Å²) in [5.41, 5.74) is 1.09. The summed E-state index contributed by atoms with van der Waals surface area (Å²) < 4.78 is 4.22. The van der Waals surface area contributed by atoms with Gasteiger partial charge in [-0.2, -0.15) is 4.37 Å². The van der Waals surface area contributed by atoms with Crippen LogP contribution in [0.25, 0.3) is 11.4 Å². The third-order valence-electron chi connectivity index (χ3n) is 1.56. The number of hydrogen-bond donors (Lipinski definition) is 0. The van der Waals surface area contributed by atoms with E-state index >= 15 is 0 Å². The van der Waals surface area contributed by atoms with Crippen molar-refractivity contribution >= 4 is 11.5 Å². The molecule has 1 aromatic heterocycles. The van der Waals surface area contributed by atoms with Crippen molar-refractivity contribution in [2.24, 2.45) is 0 Å². The summed E-state index contributed by atoms with van der Waals surface area (Å²) in [7, 11) is 0. The highest BCUT2D eigenvalue weighted by atomic mass is 32.1. The van der Waals surface area contributed by atoms with Gasteiger partial charge >= 0.3 is 0 Å². The zero-order chi connectivity index (χ0) is 8.39. The number of benzene rings is 1. The Kier molecular flexibility index (Phi) is 1.87. The molecule has 0 saturated heterocycles. The van der Waals surface area contributed by atoms with E-state index in [-0.39, 0.29) is 0 Å². The van der Waals surface area contributed by atoms with E-state index in [0.29, 0.717) is 0 Å². The first-order valence-corrected chi connectivity index (χ1v) is 4.49. The van der Waals surface area contributed by atoms with Gasteiger partial charge in [0.25, 0.3) is 0 Å². The second kappa shape index (κ2) is 3.03. The minimum atomic E-state index is 0.832. The SMILES string of the molecule is Cc1nc(-c2ccccc2)ns1. The van der Waals surface area contributed by atoms with E-state index in [9.17, 15) is 0 Å². The molecule has 0 N–H and O–H groups in total. The molecule has 1 aromatic carbocycles. The Morgan fingerprint density at radius 1 is 1.17 bits per heavy atom. The summed E-state index contributed by atoms with van der Waals surface area (Å²) in [6.45, 7) is 1.96. The van der Waals surface area contributed by atoms with Gasteiger partial charge in [-0.25, -0.2) is 4.98 Å². The molecule has 0 amide bonds. The Morgan fingerprint density at radius 2 is 1.92 bits per heavy atom. The first-order chi connectivity index (χ1) is 5.86. The minimum Gasteiger partial charge on any atom is -0.220 e. The molecule has 2 nitrogen and oxygen atoms in total. The smallest absolute Gasteiger partial charge is 0.173 e. The molecule has 0 aliphatic carbocycles. The van der Waals surface area contributed by atoms with Crippen molar-refractivity contribution in [1.29, 1.82) is 0 Å². The highest BCUT2D eigenvalue weighted by molar-refractivity contribution is 7.05. The van der Waals surface area contributed by atoms with Crippen molar-refractivity contribution in [2.45, 2.75) is 6.92 Å². The Bertz CT molecular complexity index is 367. The Balaban J connectivity index is 2.45. The fourth-order valence-electron chi connectivity index (χ4n) is 1.00. The Labute approximate surface area is 75.1 Å². The van der Waals surface area contributed by atoms with Gasteiger partial charge in [0.15, 0.2) is 5.82 Å². The summed E-state index contributed by atoms with van der Waals surface area (Å²) in [5, 5.41) is 1.01. The van der Waals surface area contributed by atoms with E-state index in [0.717, 1.165) is 16.4 Å². The molecule has 0 saturated carbocycles. The molecule has 0 aliphatic rings.